The minimum absolute atomic E-state index is 0. The molecule has 3 N–H and O–H groups in total. The molecule has 1 rings (SSSR count). The van der Waals surface area contributed by atoms with Gasteiger partial charge in [0.05, 0.1) is 0 Å². The quantitative estimate of drug-likeness (QED) is 0.691. The fourth-order valence-corrected chi connectivity index (χ4v) is 2.31. The van der Waals surface area contributed by atoms with Crippen molar-refractivity contribution >= 4 is 24.2 Å². The minimum atomic E-state index is 0. The van der Waals surface area contributed by atoms with Crippen molar-refractivity contribution in [3.8, 4) is 0 Å². The van der Waals surface area contributed by atoms with Gasteiger partial charge in [-0.2, -0.15) is 0 Å². The molecule has 0 saturated carbocycles. The molecule has 2 atom stereocenters. The van der Waals surface area contributed by atoms with E-state index in [1.165, 1.54) is 0 Å². The predicted octanol–water partition coefficient (Wildman–Crippen LogP) is 1.22. The maximum atomic E-state index is 11.8. The third-order valence-corrected chi connectivity index (χ3v) is 3.39. The molecule has 0 bridgehead atoms. The number of hydrogen-bond acceptors (Lipinski definition) is 3. The molecule has 0 aliphatic carbocycles. The van der Waals surface area contributed by atoms with E-state index in [1.54, 1.807) is 0 Å². The molecule has 1 heterocycles. The molecule has 2 amide bonds. The molecule has 0 radical (unpaired) electrons. The number of rotatable bonds is 6. The van der Waals surface area contributed by atoms with Crippen molar-refractivity contribution in [3.63, 3.8) is 0 Å². The lowest BCUT2D eigenvalue weighted by Crippen LogP contribution is -2.48. The summed E-state index contributed by atoms with van der Waals surface area (Å²) in [7, 11) is 0. The number of piperidine rings is 1. The SMILES string of the molecule is CC(C)NC(=O)CCCC(=O)NC1CCNCC1C.Cl. The zero-order valence-electron chi connectivity index (χ0n) is 12.7. The normalized spacial score (nSPS) is 22.0. The Morgan fingerprint density at radius 2 is 1.90 bits per heavy atom. The first-order chi connectivity index (χ1) is 8.99. The van der Waals surface area contributed by atoms with Crippen LogP contribution >= 0.6 is 12.4 Å². The lowest BCUT2D eigenvalue weighted by molar-refractivity contribution is -0.123. The molecule has 5 nitrogen and oxygen atoms in total. The van der Waals surface area contributed by atoms with Crippen molar-refractivity contribution < 1.29 is 9.59 Å². The number of halogens is 1. The van der Waals surface area contributed by atoms with Crippen molar-refractivity contribution in [3.05, 3.63) is 0 Å². The molecule has 6 heteroatoms. The molecule has 1 aliphatic rings. The number of carbonyl (C=O) groups is 2. The molecule has 0 aromatic heterocycles. The van der Waals surface area contributed by atoms with E-state index in [-0.39, 0.29) is 36.3 Å². The van der Waals surface area contributed by atoms with Gasteiger partial charge < -0.3 is 16.0 Å². The maximum absolute atomic E-state index is 11.8. The monoisotopic (exact) mass is 305 g/mol. The molecule has 0 spiro atoms. The fourth-order valence-electron chi connectivity index (χ4n) is 2.31. The largest absolute Gasteiger partial charge is 0.354 e. The molecule has 0 aromatic carbocycles. The first-order valence-corrected chi connectivity index (χ1v) is 7.28. The van der Waals surface area contributed by atoms with Gasteiger partial charge in [0.1, 0.15) is 0 Å². The summed E-state index contributed by atoms with van der Waals surface area (Å²) in [5.41, 5.74) is 0. The van der Waals surface area contributed by atoms with Gasteiger partial charge in [-0.15, -0.1) is 12.4 Å². The summed E-state index contributed by atoms with van der Waals surface area (Å²) >= 11 is 0. The van der Waals surface area contributed by atoms with E-state index in [0.29, 0.717) is 25.2 Å². The Morgan fingerprint density at radius 3 is 2.50 bits per heavy atom. The minimum Gasteiger partial charge on any atom is -0.354 e. The second-order valence-corrected chi connectivity index (χ2v) is 5.72. The molecular weight excluding hydrogens is 278 g/mol. The Balaban J connectivity index is 0.00000361. The van der Waals surface area contributed by atoms with Gasteiger partial charge in [-0.1, -0.05) is 6.92 Å². The van der Waals surface area contributed by atoms with Gasteiger partial charge in [-0.25, -0.2) is 0 Å². The van der Waals surface area contributed by atoms with Gasteiger partial charge in [0.2, 0.25) is 11.8 Å². The number of amides is 2. The van der Waals surface area contributed by atoms with Crippen LogP contribution in [0.25, 0.3) is 0 Å². The summed E-state index contributed by atoms with van der Waals surface area (Å²) in [4.78, 5) is 23.2. The number of hydrogen-bond donors (Lipinski definition) is 3. The first kappa shape index (κ1) is 19.2. The number of nitrogens with one attached hydrogen (secondary N) is 3. The van der Waals surface area contributed by atoms with Gasteiger partial charge in [0.15, 0.2) is 0 Å². The summed E-state index contributed by atoms with van der Waals surface area (Å²) < 4.78 is 0. The summed E-state index contributed by atoms with van der Waals surface area (Å²) in [5, 5.41) is 9.21. The zero-order valence-corrected chi connectivity index (χ0v) is 13.5. The Kier molecular flexibility index (Phi) is 9.59. The van der Waals surface area contributed by atoms with Crippen LogP contribution in [-0.2, 0) is 9.59 Å². The van der Waals surface area contributed by atoms with E-state index >= 15 is 0 Å². The standard InChI is InChI=1S/C14H27N3O2.ClH/c1-10(2)16-13(18)5-4-6-14(19)17-12-7-8-15-9-11(12)3;/h10-12,15H,4-9H2,1-3H3,(H,16,18)(H,17,19);1H. The average Bonchev–Trinajstić information content (AvgIpc) is 2.31. The van der Waals surface area contributed by atoms with Crippen LogP contribution in [0.3, 0.4) is 0 Å². The maximum Gasteiger partial charge on any atom is 0.220 e. The van der Waals surface area contributed by atoms with Gasteiger partial charge in [-0.3, -0.25) is 9.59 Å². The Hall–Kier alpha value is -0.810. The van der Waals surface area contributed by atoms with E-state index in [9.17, 15) is 9.59 Å². The summed E-state index contributed by atoms with van der Waals surface area (Å²) in [6, 6.07) is 0.440. The highest BCUT2D eigenvalue weighted by Crippen LogP contribution is 2.10. The second kappa shape index (κ2) is 10.00. The Morgan fingerprint density at radius 1 is 1.25 bits per heavy atom. The van der Waals surface area contributed by atoms with Gasteiger partial charge in [0.25, 0.3) is 0 Å². The molecule has 0 aromatic rings. The molecule has 1 aliphatic heterocycles. The second-order valence-electron chi connectivity index (χ2n) is 5.72. The molecular formula is C14H28ClN3O2. The van der Waals surface area contributed by atoms with Crippen molar-refractivity contribution in [2.24, 2.45) is 5.92 Å². The highest BCUT2D eigenvalue weighted by Gasteiger charge is 2.22. The van der Waals surface area contributed by atoms with Crippen molar-refractivity contribution in [2.75, 3.05) is 13.1 Å². The summed E-state index contributed by atoms with van der Waals surface area (Å²) in [6.45, 7) is 7.94. The lowest BCUT2D eigenvalue weighted by atomic mass is 9.95. The summed E-state index contributed by atoms with van der Waals surface area (Å²) in [5.74, 6) is 0.566. The van der Waals surface area contributed by atoms with Crippen LogP contribution in [0.15, 0.2) is 0 Å². The van der Waals surface area contributed by atoms with Gasteiger partial charge in [-0.05, 0) is 45.7 Å². The molecule has 1 fully saturated rings. The topological polar surface area (TPSA) is 70.2 Å². The van der Waals surface area contributed by atoms with Crippen LogP contribution < -0.4 is 16.0 Å². The molecule has 1 saturated heterocycles. The van der Waals surface area contributed by atoms with Crippen LogP contribution in [0.5, 0.6) is 0 Å². The average molecular weight is 306 g/mol. The first-order valence-electron chi connectivity index (χ1n) is 7.28. The van der Waals surface area contributed by atoms with Gasteiger partial charge in [0, 0.05) is 24.9 Å². The van der Waals surface area contributed by atoms with Crippen LogP contribution in [0.2, 0.25) is 0 Å². The third kappa shape index (κ3) is 7.70. The van der Waals surface area contributed by atoms with Crippen LogP contribution in [0.1, 0.15) is 46.5 Å². The van der Waals surface area contributed by atoms with E-state index < -0.39 is 0 Å². The highest BCUT2D eigenvalue weighted by atomic mass is 35.5. The highest BCUT2D eigenvalue weighted by molar-refractivity contribution is 5.85. The summed E-state index contributed by atoms with van der Waals surface area (Å²) in [6.07, 6.45) is 2.46. The smallest absolute Gasteiger partial charge is 0.220 e. The van der Waals surface area contributed by atoms with E-state index in [0.717, 1.165) is 19.5 Å². The lowest BCUT2D eigenvalue weighted by Gasteiger charge is -2.30. The van der Waals surface area contributed by atoms with Crippen LogP contribution in [0, 0.1) is 5.92 Å². The van der Waals surface area contributed by atoms with Crippen LogP contribution in [0.4, 0.5) is 0 Å². The third-order valence-electron chi connectivity index (χ3n) is 3.39. The molecule has 2 unspecified atom stereocenters. The number of carbonyl (C=O) groups excluding carboxylic acids is 2. The zero-order chi connectivity index (χ0) is 14.3. The predicted molar refractivity (Wildman–Crippen MR) is 83.0 cm³/mol. The molecule has 118 valence electrons. The van der Waals surface area contributed by atoms with E-state index in [1.807, 2.05) is 13.8 Å². The molecule has 20 heavy (non-hydrogen) atoms. The van der Waals surface area contributed by atoms with E-state index in [2.05, 4.69) is 22.9 Å². The Labute approximate surface area is 128 Å². The van der Waals surface area contributed by atoms with Crippen molar-refractivity contribution in [1.82, 2.24) is 16.0 Å². The van der Waals surface area contributed by atoms with Gasteiger partial charge >= 0.3 is 0 Å². The van der Waals surface area contributed by atoms with Crippen molar-refractivity contribution in [2.45, 2.75) is 58.5 Å². The van der Waals surface area contributed by atoms with E-state index in [4.69, 9.17) is 0 Å². The van der Waals surface area contributed by atoms with Crippen molar-refractivity contribution in [1.29, 1.82) is 0 Å². The fraction of sp³-hybridized carbons (Fsp3) is 0.857. The Bertz CT molecular complexity index is 311. The van der Waals surface area contributed by atoms with Crippen LogP contribution in [-0.4, -0.2) is 37.0 Å².